The highest BCUT2D eigenvalue weighted by atomic mass is 16.3. The smallest absolute Gasteiger partial charge is 0.293 e. The van der Waals surface area contributed by atoms with Crippen LogP contribution >= 0.6 is 0 Å². The van der Waals surface area contributed by atoms with Crippen molar-refractivity contribution in [2.45, 2.75) is 26.7 Å². The van der Waals surface area contributed by atoms with E-state index in [4.69, 9.17) is 0 Å². The van der Waals surface area contributed by atoms with Crippen molar-refractivity contribution in [2.24, 2.45) is 0 Å². The minimum absolute atomic E-state index is 0.158. The molecule has 0 bridgehead atoms. The van der Waals surface area contributed by atoms with Gasteiger partial charge in [0.1, 0.15) is 0 Å². The number of nitrogens with zero attached hydrogens (tertiary/aromatic N) is 1. The van der Waals surface area contributed by atoms with Gasteiger partial charge in [-0.15, -0.1) is 0 Å². The lowest BCUT2D eigenvalue weighted by molar-refractivity contribution is -0.120. The van der Waals surface area contributed by atoms with Crippen LogP contribution in [0.25, 0.3) is 0 Å². The molecule has 1 aliphatic heterocycles. The Bertz CT molecular complexity index is 543. The van der Waals surface area contributed by atoms with Gasteiger partial charge in [0.05, 0.1) is 0 Å². The number of anilines is 1. The number of carbonyl (C=O) groups excluding carboxylic acids is 2. The van der Waals surface area contributed by atoms with E-state index >= 15 is 0 Å². The summed E-state index contributed by atoms with van der Waals surface area (Å²) in [6, 6.07) is 7.51. The highest BCUT2D eigenvalue weighted by Gasteiger charge is 2.30. The Morgan fingerprint density at radius 3 is 2.53 bits per heavy atom. The van der Waals surface area contributed by atoms with Crippen LogP contribution in [0.1, 0.15) is 25.3 Å². The molecule has 1 aromatic carbocycles. The molecular weight excluding hydrogens is 242 g/mol. The van der Waals surface area contributed by atoms with E-state index < -0.39 is 11.7 Å². The van der Waals surface area contributed by atoms with Gasteiger partial charge in [0, 0.05) is 24.2 Å². The van der Waals surface area contributed by atoms with Gasteiger partial charge in [-0.25, -0.2) is 0 Å². The Morgan fingerprint density at radius 1 is 1.32 bits per heavy atom. The molecule has 1 aromatic rings. The van der Waals surface area contributed by atoms with E-state index in [2.05, 4.69) is 0 Å². The van der Waals surface area contributed by atoms with Gasteiger partial charge >= 0.3 is 0 Å². The summed E-state index contributed by atoms with van der Waals surface area (Å²) in [5.41, 5.74) is 2.11. The average Bonchev–Trinajstić information content (AvgIpc) is 2.42. The molecule has 19 heavy (non-hydrogen) atoms. The van der Waals surface area contributed by atoms with Gasteiger partial charge in [-0.2, -0.15) is 0 Å². The van der Waals surface area contributed by atoms with Crippen LogP contribution in [0.15, 0.2) is 35.6 Å². The third-order valence-corrected chi connectivity index (χ3v) is 3.32. The molecular formula is C15H17NO3. The zero-order valence-electron chi connectivity index (χ0n) is 11.1. The molecule has 0 atom stereocenters. The third-order valence-electron chi connectivity index (χ3n) is 3.32. The summed E-state index contributed by atoms with van der Waals surface area (Å²) in [5, 5.41) is 9.89. The number of hydrogen-bond donors (Lipinski definition) is 1. The first-order valence-corrected chi connectivity index (χ1v) is 6.38. The second-order valence-electron chi connectivity index (χ2n) is 4.65. The second-order valence-corrected chi connectivity index (χ2v) is 4.65. The predicted octanol–water partition coefficient (Wildman–Crippen LogP) is 2.52. The van der Waals surface area contributed by atoms with Gasteiger partial charge in [0.25, 0.3) is 5.91 Å². The molecule has 0 saturated carbocycles. The number of carbonyl (C=O) groups is 2. The van der Waals surface area contributed by atoms with Crippen LogP contribution in [-0.2, 0) is 9.59 Å². The molecule has 4 nitrogen and oxygen atoms in total. The van der Waals surface area contributed by atoms with Gasteiger partial charge in [-0.1, -0.05) is 24.6 Å². The normalized spacial score (nSPS) is 15.9. The maximum Gasteiger partial charge on any atom is 0.293 e. The first-order chi connectivity index (χ1) is 9.04. The molecule has 100 valence electrons. The van der Waals surface area contributed by atoms with Crippen LogP contribution in [0.4, 0.5) is 5.69 Å². The maximum atomic E-state index is 12.1. The summed E-state index contributed by atoms with van der Waals surface area (Å²) in [6.07, 6.45) is 0.704. The minimum atomic E-state index is -0.494. The number of aliphatic hydroxyl groups excluding tert-OH is 1. The van der Waals surface area contributed by atoms with Crippen LogP contribution in [0, 0.1) is 6.92 Å². The number of Topliss-reactive ketones (excluding diaryl/α,β-unsaturated/α-hetero) is 1. The van der Waals surface area contributed by atoms with Gasteiger partial charge in [-0.3, -0.25) is 9.59 Å². The van der Waals surface area contributed by atoms with Crippen molar-refractivity contribution in [1.29, 1.82) is 0 Å². The summed E-state index contributed by atoms with van der Waals surface area (Å²) in [7, 11) is 0. The number of aryl methyl sites for hydroxylation is 1. The molecule has 0 saturated heterocycles. The fourth-order valence-corrected chi connectivity index (χ4v) is 2.16. The maximum absolute atomic E-state index is 12.1. The zero-order valence-corrected chi connectivity index (χ0v) is 11.1. The molecule has 4 heteroatoms. The fraction of sp³-hybridized carbons (Fsp3) is 0.333. The van der Waals surface area contributed by atoms with Crippen molar-refractivity contribution in [3.63, 3.8) is 0 Å². The first kappa shape index (κ1) is 13.3. The fourth-order valence-electron chi connectivity index (χ4n) is 2.16. The largest absolute Gasteiger partial charge is 0.503 e. The van der Waals surface area contributed by atoms with Crippen LogP contribution in [0.3, 0.4) is 0 Å². The van der Waals surface area contributed by atoms with Crippen LogP contribution in [0.2, 0.25) is 0 Å². The SMILES string of the molecule is CCC(=O)C1=C(O)C(=O)N(c2ccc(C)cc2)CC1. The molecule has 1 heterocycles. The zero-order chi connectivity index (χ0) is 14.0. The number of hydrogen-bond acceptors (Lipinski definition) is 3. The van der Waals surface area contributed by atoms with E-state index in [0.29, 0.717) is 19.4 Å². The number of benzene rings is 1. The summed E-state index contributed by atoms with van der Waals surface area (Å²) in [6.45, 7) is 4.11. The van der Waals surface area contributed by atoms with E-state index in [1.54, 1.807) is 6.92 Å². The Labute approximate surface area is 112 Å². The molecule has 0 unspecified atom stereocenters. The summed E-state index contributed by atoms with van der Waals surface area (Å²) in [4.78, 5) is 25.2. The van der Waals surface area contributed by atoms with Gasteiger partial charge in [0.2, 0.25) is 0 Å². The van der Waals surface area contributed by atoms with Crippen molar-refractivity contribution >= 4 is 17.4 Å². The number of rotatable bonds is 3. The van der Waals surface area contributed by atoms with Crippen LogP contribution in [0.5, 0.6) is 0 Å². The lowest BCUT2D eigenvalue weighted by Gasteiger charge is -2.27. The molecule has 0 spiro atoms. The van der Waals surface area contributed by atoms with E-state index in [-0.39, 0.29) is 11.4 Å². The number of ketones is 1. The van der Waals surface area contributed by atoms with Gasteiger partial charge < -0.3 is 10.0 Å². The topological polar surface area (TPSA) is 57.6 Å². The Balaban J connectivity index is 2.29. The van der Waals surface area contributed by atoms with Crippen LogP contribution in [-0.4, -0.2) is 23.3 Å². The van der Waals surface area contributed by atoms with Crippen molar-refractivity contribution in [1.82, 2.24) is 0 Å². The van der Waals surface area contributed by atoms with E-state index in [1.165, 1.54) is 4.90 Å². The molecule has 0 radical (unpaired) electrons. The summed E-state index contributed by atoms with van der Waals surface area (Å²) in [5.74, 6) is -1.06. The molecule has 1 N–H and O–H groups in total. The number of aliphatic hydroxyl groups is 1. The Morgan fingerprint density at radius 2 is 1.95 bits per heavy atom. The monoisotopic (exact) mass is 259 g/mol. The van der Waals surface area contributed by atoms with Crippen LogP contribution < -0.4 is 4.90 Å². The standard InChI is InChI=1S/C15H17NO3/c1-3-13(17)12-8-9-16(15(19)14(12)18)11-6-4-10(2)5-7-11/h4-7,18H,3,8-9H2,1-2H3. The average molecular weight is 259 g/mol. The summed E-state index contributed by atoms with van der Waals surface area (Å²) >= 11 is 0. The van der Waals surface area contributed by atoms with E-state index in [0.717, 1.165) is 11.3 Å². The summed E-state index contributed by atoms with van der Waals surface area (Å²) < 4.78 is 0. The third kappa shape index (κ3) is 2.52. The van der Waals surface area contributed by atoms with Crippen molar-refractivity contribution in [2.75, 3.05) is 11.4 Å². The molecule has 0 aliphatic carbocycles. The van der Waals surface area contributed by atoms with Gasteiger partial charge in [-0.05, 0) is 25.5 Å². The van der Waals surface area contributed by atoms with Crippen molar-refractivity contribution in [3.05, 3.63) is 41.2 Å². The molecule has 0 fully saturated rings. The van der Waals surface area contributed by atoms with E-state index in [9.17, 15) is 14.7 Å². The number of amides is 1. The van der Waals surface area contributed by atoms with Gasteiger partial charge in [0.15, 0.2) is 11.5 Å². The molecule has 1 aliphatic rings. The van der Waals surface area contributed by atoms with Crippen molar-refractivity contribution < 1.29 is 14.7 Å². The second kappa shape index (κ2) is 5.26. The van der Waals surface area contributed by atoms with E-state index in [1.807, 2.05) is 31.2 Å². The minimum Gasteiger partial charge on any atom is -0.503 e. The van der Waals surface area contributed by atoms with Crippen molar-refractivity contribution in [3.8, 4) is 0 Å². The molecule has 1 amide bonds. The molecule has 2 rings (SSSR count). The predicted molar refractivity (Wildman–Crippen MR) is 73.1 cm³/mol. The Kier molecular flexibility index (Phi) is 3.69. The lowest BCUT2D eigenvalue weighted by Crippen LogP contribution is -2.38. The highest BCUT2D eigenvalue weighted by Crippen LogP contribution is 2.25. The Hall–Kier alpha value is -2.10. The quantitative estimate of drug-likeness (QED) is 0.907. The first-order valence-electron chi connectivity index (χ1n) is 6.38. The lowest BCUT2D eigenvalue weighted by atomic mass is 9.99. The molecule has 0 aromatic heterocycles. The highest BCUT2D eigenvalue weighted by molar-refractivity contribution is 6.11.